The molecule has 4 N–H and O–H groups in total. The first-order valence-electron chi connectivity index (χ1n) is 10.5. The molecular weight excluding hydrogens is 412 g/mol. The lowest BCUT2D eigenvalue weighted by atomic mass is 9.86. The average Bonchev–Trinajstić information content (AvgIpc) is 2.79. The van der Waals surface area contributed by atoms with E-state index in [0.717, 1.165) is 16.7 Å². The summed E-state index contributed by atoms with van der Waals surface area (Å²) < 4.78 is 11.3. The summed E-state index contributed by atoms with van der Waals surface area (Å²) in [5.41, 5.74) is 2.37. The van der Waals surface area contributed by atoms with Gasteiger partial charge in [0.1, 0.15) is 23.3 Å². The SMILES string of the molecule is COc1cccc(NC(=O)C(CO)NC(=O)C2(C)CCc3c(C)c(O)c(C)c(C)c3O2)c1. The number of phenols is 1. The van der Waals surface area contributed by atoms with Crippen LogP contribution >= 0.6 is 0 Å². The number of phenolic OH excluding ortho intramolecular Hbond substituents is 1. The third-order valence-electron chi connectivity index (χ3n) is 6.14. The molecule has 1 aliphatic rings. The Balaban J connectivity index is 1.76. The molecule has 1 aliphatic heterocycles. The van der Waals surface area contributed by atoms with Gasteiger partial charge in [-0.15, -0.1) is 0 Å². The van der Waals surface area contributed by atoms with Crippen LogP contribution in [-0.4, -0.2) is 47.4 Å². The molecule has 0 saturated heterocycles. The van der Waals surface area contributed by atoms with Gasteiger partial charge in [0, 0.05) is 23.7 Å². The maximum absolute atomic E-state index is 13.1. The van der Waals surface area contributed by atoms with Crippen molar-refractivity contribution in [3.63, 3.8) is 0 Å². The van der Waals surface area contributed by atoms with Crippen LogP contribution in [0.4, 0.5) is 5.69 Å². The highest BCUT2D eigenvalue weighted by Gasteiger charge is 2.42. The highest BCUT2D eigenvalue weighted by atomic mass is 16.5. The lowest BCUT2D eigenvalue weighted by Crippen LogP contribution is -2.56. The molecule has 32 heavy (non-hydrogen) atoms. The van der Waals surface area contributed by atoms with Gasteiger partial charge in [-0.25, -0.2) is 0 Å². The van der Waals surface area contributed by atoms with E-state index in [0.29, 0.717) is 35.6 Å². The summed E-state index contributed by atoms with van der Waals surface area (Å²) in [6, 6.07) is 5.63. The largest absolute Gasteiger partial charge is 0.507 e. The van der Waals surface area contributed by atoms with Crippen molar-refractivity contribution in [3.05, 3.63) is 46.5 Å². The van der Waals surface area contributed by atoms with Crippen molar-refractivity contribution >= 4 is 17.5 Å². The van der Waals surface area contributed by atoms with Crippen LogP contribution in [0.2, 0.25) is 0 Å². The second-order valence-electron chi connectivity index (χ2n) is 8.29. The number of rotatable bonds is 6. The van der Waals surface area contributed by atoms with Crippen LogP contribution in [0.1, 0.15) is 35.6 Å². The molecule has 0 saturated carbocycles. The predicted octanol–water partition coefficient (Wildman–Crippen LogP) is 2.53. The summed E-state index contributed by atoms with van der Waals surface area (Å²) in [7, 11) is 1.52. The number of amides is 2. The van der Waals surface area contributed by atoms with Crippen LogP contribution in [0, 0.1) is 20.8 Å². The first-order chi connectivity index (χ1) is 15.1. The summed E-state index contributed by atoms with van der Waals surface area (Å²) >= 11 is 0. The molecule has 0 radical (unpaired) electrons. The number of ether oxygens (including phenoxy) is 2. The maximum atomic E-state index is 13.1. The van der Waals surface area contributed by atoms with Crippen LogP contribution < -0.4 is 20.1 Å². The van der Waals surface area contributed by atoms with E-state index < -0.39 is 30.1 Å². The van der Waals surface area contributed by atoms with Gasteiger partial charge in [0.2, 0.25) is 5.91 Å². The van der Waals surface area contributed by atoms with Gasteiger partial charge in [0.25, 0.3) is 5.91 Å². The Morgan fingerprint density at radius 2 is 1.94 bits per heavy atom. The first-order valence-corrected chi connectivity index (χ1v) is 10.5. The van der Waals surface area contributed by atoms with E-state index in [-0.39, 0.29) is 5.75 Å². The minimum absolute atomic E-state index is 0.243. The minimum atomic E-state index is -1.22. The number of carbonyl (C=O) groups excluding carboxylic acids is 2. The molecule has 2 aromatic carbocycles. The standard InChI is InChI=1S/C24H30N2O6/c1-13-14(2)21-18(15(3)20(13)28)9-10-24(4,32-21)23(30)26-19(12-27)22(29)25-16-7-6-8-17(11-16)31-5/h6-8,11,19,27-28H,9-10,12H2,1-5H3,(H,25,29)(H,26,30). The van der Waals surface area contributed by atoms with Crippen molar-refractivity contribution in [2.75, 3.05) is 19.0 Å². The minimum Gasteiger partial charge on any atom is -0.507 e. The number of benzene rings is 2. The van der Waals surface area contributed by atoms with Crippen molar-refractivity contribution in [2.45, 2.75) is 52.2 Å². The summed E-state index contributed by atoms with van der Waals surface area (Å²) in [6.07, 6.45) is 0.907. The Kier molecular flexibility index (Phi) is 6.64. The quantitative estimate of drug-likeness (QED) is 0.546. The molecule has 0 spiro atoms. The molecule has 0 bridgehead atoms. The molecule has 0 aromatic heterocycles. The second kappa shape index (κ2) is 9.08. The third kappa shape index (κ3) is 4.36. The molecule has 3 rings (SSSR count). The normalized spacial score (nSPS) is 18.2. The fourth-order valence-electron chi connectivity index (χ4n) is 3.84. The monoisotopic (exact) mass is 442 g/mol. The van der Waals surface area contributed by atoms with E-state index in [1.54, 1.807) is 38.1 Å². The molecule has 2 aromatic rings. The zero-order chi connectivity index (χ0) is 23.6. The molecule has 8 heteroatoms. The Bertz CT molecular complexity index is 1050. The topological polar surface area (TPSA) is 117 Å². The van der Waals surface area contributed by atoms with Crippen LogP contribution in [0.25, 0.3) is 0 Å². The summed E-state index contributed by atoms with van der Waals surface area (Å²) in [5.74, 6) is 0.351. The van der Waals surface area contributed by atoms with Crippen molar-refractivity contribution in [1.29, 1.82) is 0 Å². The van der Waals surface area contributed by atoms with Gasteiger partial charge in [-0.05, 0) is 62.9 Å². The van der Waals surface area contributed by atoms with Gasteiger partial charge in [-0.2, -0.15) is 0 Å². The fraction of sp³-hybridized carbons (Fsp3) is 0.417. The third-order valence-corrected chi connectivity index (χ3v) is 6.14. The maximum Gasteiger partial charge on any atom is 0.264 e. The van der Waals surface area contributed by atoms with E-state index in [1.165, 1.54) is 7.11 Å². The lowest BCUT2D eigenvalue weighted by Gasteiger charge is -2.37. The number of aromatic hydroxyl groups is 1. The molecule has 8 nitrogen and oxygen atoms in total. The molecule has 0 fully saturated rings. The zero-order valence-electron chi connectivity index (χ0n) is 19.0. The zero-order valence-corrected chi connectivity index (χ0v) is 19.0. The smallest absolute Gasteiger partial charge is 0.264 e. The van der Waals surface area contributed by atoms with Gasteiger partial charge in [-0.1, -0.05) is 6.07 Å². The predicted molar refractivity (Wildman–Crippen MR) is 120 cm³/mol. The van der Waals surface area contributed by atoms with Crippen molar-refractivity contribution in [1.82, 2.24) is 5.32 Å². The van der Waals surface area contributed by atoms with Crippen LogP contribution in [0.5, 0.6) is 17.2 Å². The molecule has 0 aliphatic carbocycles. The van der Waals surface area contributed by atoms with Gasteiger partial charge >= 0.3 is 0 Å². The fourth-order valence-corrected chi connectivity index (χ4v) is 3.84. The Morgan fingerprint density at radius 3 is 2.59 bits per heavy atom. The molecule has 2 atom stereocenters. The van der Waals surface area contributed by atoms with E-state index in [2.05, 4.69) is 10.6 Å². The highest BCUT2D eigenvalue weighted by Crippen LogP contribution is 2.43. The second-order valence-corrected chi connectivity index (χ2v) is 8.29. The van der Waals surface area contributed by atoms with E-state index in [4.69, 9.17) is 9.47 Å². The summed E-state index contributed by atoms with van der Waals surface area (Å²) in [5, 5.41) is 25.4. The Labute approximate surface area is 187 Å². The average molecular weight is 443 g/mol. The number of aliphatic hydroxyl groups is 1. The Hall–Kier alpha value is -3.26. The van der Waals surface area contributed by atoms with Crippen LogP contribution in [-0.2, 0) is 16.0 Å². The van der Waals surface area contributed by atoms with Gasteiger partial charge in [-0.3, -0.25) is 9.59 Å². The number of nitrogens with one attached hydrogen (secondary N) is 2. The Morgan fingerprint density at radius 1 is 1.22 bits per heavy atom. The number of methoxy groups -OCH3 is 1. The van der Waals surface area contributed by atoms with Gasteiger partial charge in [0.15, 0.2) is 5.60 Å². The molecule has 172 valence electrons. The van der Waals surface area contributed by atoms with Crippen LogP contribution in [0.3, 0.4) is 0 Å². The van der Waals surface area contributed by atoms with Gasteiger partial charge < -0.3 is 30.3 Å². The van der Waals surface area contributed by atoms with E-state index in [1.807, 2.05) is 13.8 Å². The number of fused-ring (bicyclic) bond motifs is 1. The lowest BCUT2D eigenvalue weighted by molar-refractivity contribution is -0.140. The molecule has 2 unspecified atom stereocenters. The summed E-state index contributed by atoms with van der Waals surface area (Å²) in [4.78, 5) is 25.8. The van der Waals surface area contributed by atoms with Crippen molar-refractivity contribution in [3.8, 4) is 17.2 Å². The van der Waals surface area contributed by atoms with E-state index in [9.17, 15) is 19.8 Å². The molecular formula is C24H30N2O6. The number of carbonyl (C=O) groups is 2. The van der Waals surface area contributed by atoms with Gasteiger partial charge in [0.05, 0.1) is 13.7 Å². The van der Waals surface area contributed by atoms with Crippen molar-refractivity contribution < 1.29 is 29.3 Å². The highest BCUT2D eigenvalue weighted by molar-refractivity contribution is 5.98. The number of hydrogen-bond acceptors (Lipinski definition) is 6. The number of aliphatic hydroxyl groups excluding tert-OH is 1. The van der Waals surface area contributed by atoms with Crippen LogP contribution in [0.15, 0.2) is 24.3 Å². The van der Waals surface area contributed by atoms with E-state index >= 15 is 0 Å². The van der Waals surface area contributed by atoms with Crippen molar-refractivity contribution in [2.24, 2.45) is 0 Å². The first kappa shape index (κ1) is 23.4. The number of anilines is 1. The molecule has 2 amide bonds. The molecule has 1 heterocycles. The summed E-state index contributed by atoms with van der Waals surface area (Å²) in [6.45, 7) is 6.57. The number of hydrogen-bond donors (Lipinski definition) is 4.